The number of hydrogen-bond acceptors (Lipinski definition) is 3. The van der Waals surface area contributed by atoms with Gasteiger partial charge in [-0.1, -0.05) is 19.8 Å². The largest absolute Gasteiger partial charge is 0.342 e. The molecule has 2 saturated heterocycles. The molecular formula is C18H32ClN3O2. The highest BCUT2D eigenvalue weighted by molar-refractivity contribution is 5.87. The zero-order valence-corrected chi connectivity index (χ0v) is 15.7. The van der Waals surface area contributed by atoms with E-state index < -0.39 is 5.54 Å². The highest BCUT2D eigenvalue weighted by Gasteiger charge is 2.41. The van der Waals surface area contributed by atoms with E-state index in [1.807, 2.05) is 9.80 Å². The normalized spacial score (nSPS) is 25.4. The number of rotatable bonds is 2. The Bertz CT molecular complexity index is 449. The van der Waals surface area contributed by atoms with Crippen molar-refractivity contribution >= 4 is 24.2 Å². The van der Waals surface area contributed by atoms with Gasteiger partial charge < -0.3 is 15.5 Å². The molecule has 0 spiro atoms. The topological polar surface area (TPSA) is 66.6 Å². The van der Waals surface area contributed by atoms with Crippen molar-refractivity contribution in [1.29, 1.82) is 0 Å². The number of nitrogens with two attached hydrogens (primary N) is 1. The van der Waals surface area contributed by atoms with Crippen LogP contribution in [0, 0.1) is 11.8 Å². The van der Waals surface area contributed by atoms with Gasteiger partial charge in [-0.2, -0.15) is 0 Å². The van der Waals surface area contributed by atoms with Crippen LogP contribution in [0.25, 0.3) is 0 Å². The van der Waals surface area contributed by atoms with Crippen molar-refractivity contribution in [1.82, 2.24) is 9.80 Å². The average Bonchev–Trinajstić information content (AvgIpc) is 3.02. The monoisotopic (exact) mass is 357 g/mol. The van der Waals surface area contributed by atoms with Gasteiger partial charge in [-0.05, 0) is 44.4 Å². The van der Waals surface area contributed by atoms with Crippen molar-refractivity contribution in [2.24, 2.45) is 17.6 Å². The minimum atomic E-state index is -0.625. The first-order chi connectivity index (χ1) is 11.0. The van der Waals surface area contributed by atoms with E-state index >= 15 is 0 Å². The molecule has 2 N–H and O–H groups in total. The van der Waals surface area contributed by atoms with Crippen LogP contribution in [-0.4, -0.2) is 53.3 Å². The fraction of sp³-hybridized carbons (Fsp3) is 0.889. The Hall–Kier alpha value is -0.810. The number of amides is 2. The van der Waals surface area contributed by atoms with Gasteiger partial charge in [0.15, 0.2) is 0 Å². The van der Waals surface area contributed by atoms with E-state index in [4.69, 9.17) is 5.73 Å². The maximum atomic E-state index is 12.7. The van der Waals surface area contributed by atoms with Crippen LogP contribution in [0.4, 0.5) is 0 Å². The summed E-state index contributed by atoms with van der Waals surface area (Å²) in [7, 11) is 0. The fourth-order valence-electron chi connectivity index (χ4n) is 4.35. The number of hydrogen-bond donors (Lipinski definition) is 1. The third kappa shape index (κ3) is 4.05. The smallest absolute Gasteiger partial charge is 0.242 e. The summed E-state index contributed by atoms with van der Waals surface area (Å²) in [6.07, 6.45) is 7.60. The minimum Gasteiger partial charge on any atom is -0.342 e. The van der Waals surface area contributed by atoms with Crippen molar-refractivity contribution in [2.75, 3.05) is 26.2 Å². The molecule has 0 aromatic rings. The molecular weight excluding hydrogens is 326 g/mol. The van der Waals surface area contributed by atoms with Crippen LogP contribution in [0.5, 0.6) is 0 Å². The van der Waals surface area contributed by atoms with E-state index in [1.54, 1.807) is 0 Å². The van der Waals surface area contributed by atoms with Gasteiger partial charge in [0.25, 0.3) is 0 Å². The highest BCUT2D eigenvalue weighted by Crippen LogP contribution is 2.31. The maximum Gasteiger partial charge on any atom is 0.242 e. The van der Waals surface area contributed by atoms with Crippen LogP contribution in [0.2, 0.25) is 0 Å². The van der Waals surface area contributed by atoms with E-state index in [9.17, 15) is 9.59 Å². The number of halogens is 1. The third-order valence-electron chi connectivity index (χ3n) is 6.15. The van der Waals surface area contributed by atoms with Gasteiger partial charge >= 0.3 is 0 Å². The van der Waals surface area contributed by atoms with Gasteiger partial charge in [0.2, 0.25) is 11.8 Å². The molecule has 0 aromatic carbocycles. The summed E-state index contributed by atoms with van der Waals surface area (Å²) in [6.45, 7) is 5.46. The van der Waals surface area contributed by atoms with Crippen molar-refractivity contribution in [3.8, 4) is 0 Å². The predicted octanol–water partition coefficient (Wildman–Crippen LogP) is 2.18. The highest BCUT2D eigenvalue weighted by atomic mass is 35.5. The molecule has 3 aliphatic rings. The molecule has 138 valence electrons. The number of carbonyl (C=O) groups is 2. The summed E-state index contributed by atoms with van der Waals surface area (Å²) >= 11 is 0. The van der Waals surface area contributed by atoms with E-state index in [0.717, 1.165) is 70.4 Å². The van der Waals surface area contributed by atoms with Crippen LogP contribution < -0.4 is 5.73 Å². The molecule has 6 heteroatoms. The number of nitrogens with zero attached hydrogens (tertiary/aromatic N) is 2. The van der Waals surface area contributed by atoms with Crippen LogP contribution in [0.1, 0.15) is 58.3 Å². The Labute approximate surface area is 151 Å². The SMILES string of the molecule is CC1CCN(C(=O)C2CCN(C(=O)C3(N)CCCC3)CC2)CC1.Cl. The van der Waals surface area contributed by atoms with Gasteiger partial charge in [-0.3, -0.25) is 9.59 Å². The standard InChI is InChI=1S/C18H31N3O2.ClH/c1-14-4-10-20(11-5-14)16(22)15-6-12-21(13-7-15)17(23)18(19)8-2-3-9-18;/h14-15H,2-13,19H2,1H3;1H. The molecule has 1 saturated carbocycles. The maximum absolute atomic E-state index is 12.7. The first-order valence-electron chi connectivity index (χ1n) is 9.37. The second-order valence-electron chi connectivity index (χ2n) is 7.94. The Morgan fingerprint density at radius 1 is 0.917 bits per heavy atom. The molecule has 0 bridgehead atoms. The summed E-state index contributed by atoms with van der Waals surface area (Å²) in [4.78, 5) is 29.3. The Kier molecular flexibility index (Phi) is 6.54. The van der Waals surface area contributed by atoms with Crippen molar-refractivity contribution in [2.45, 2.75) is 63.8 Å². The summed E-state index contributed by atoms with van der Waals surface area (Å²) in [5, 5.41) is 0. The number of piperidine rings is 2. The zero-order valence-electron chi connectivity index (χ0n) is 14.8. The third-order valence-corrected chi connectivity index (χ3v) is 6.15. The van der Waals surface area contributed by atoms with E-state index in [-0.39, 0.29) is 24.2 Å². The minimum absolute atomic E-state index is 0. The molecule has 0 atom stereocenters. The first kappa shape index (κ1) is 19.5. The van der Waals surface area contributed by atoms with Gasteiger partial charge in [-0.15, -0.1) is 12.4 Å². The molecule has 24 heavy (non-hydrogen) atoms. The van der Waals surface area contributed by atoms with Crippen molar-refractivity contribution < 1.29 is 9.59 Å². The van der Waals surface area contributed by atoms with E-state index in [0.29, 0.717) is 19.0 Å². The molecule has 2 amide bonds. The lowest BCUT2D eigenvalue weighted by Gasteiger charge is -2.39. The zero-order chi connectivity index (χ0) is 16.4. The quantitative estimate of drug-likeness (QED) is 0.823. The van der Waals surface area contributed by atoms with Crippen molar-refractivity contribution in [3.05, 3.63) is 0 Å². The lowest BCUT2D eigenvalue weighted by atomic mass is 9.90. The number of carbonyl (C=O) groups excluding carboxylic acids is 2. The van der Waals surface area contributed by atoms with Gasteiger partial charge in [-0.25, -0.2) is 0 Å². The predicted molar refractivity (Wildman–Crippen MR) is 96.9 cm³/mol. The fourth-order valence-corrected chi connectivity index (χ4v) is 4.35. The van der Waals surface area contributed by atoms with Crippen LogP contribution in [0.3, 0.4) is 0 Å². The summed E-state index contributed by atoms with van der Waals surface area (Å²) in [5.74, 6) is 1.27. The van der Waals surface area contributed by atoms with Crippen LogP contribution in [-0.2, 0) is 9.59 Å². The molecule has 3 fully saturated rings. The summed E-state index contributed by atoms with van der Waals surface area (Å²) in [6, 6.07) is 0. The van der Waals surface area contributed by atoms with Crippen molar-refractivity contribution in [3.63, 3.8) is 0 Å². The molecule has 1 aliphatic carbocycles. The molecule has 0 radical (unpaired) electrons. The molecule has 0 aromatic heterocycles. The first-order valence-corrected chi connectivity index (χ1v) is 9.37. The van der Waals surface area contributed by atoms with Crippen LogP contribution >= 0.6 is 12.4 Å². The van der Waals surface area contributed by atoms with Gasteiger partial charge in [0, 0.05) is 32.1 Å². The molecule has 0 unspecified atom stereocenters. The Morgan fingerprint density at radius 2 is 1.42 bits per heavy atom. The van der Waals surface area contributed by atoms with E-state index in [1.165, 1.54) is 0 Å². The van der Waals surface area contributed by atoms with Crippen LogP contribution in [0.15, 0.2) is 0 Å². The average molecular weight is 358 g/mol. The second-order valence-corrected chi connectivity index (χ2v) is 7.94. The lowest BCUT2D eigenvalue weighted by molar-refractivity contribution is -0.144. The molecule has 3 rings (SSSR count). The molecule has 5 nitrogen and oxygen atoms in total. The molecule has 2 heterocycles. The van der Waals surface area contributed by atoms with E-state index in [2.05, 4.69) is 6.92 Å². The summed E-state index contributed by atoms with van der Waals surface area (Å²) in [5.41, 5.74) is 5.67. The molecule has 2 aliphatic heterocycles. The van der Waals surface area contributed by atoms with Gasteiger partial charge in [0.1, 0.15) is 0 Å². The number of likely N-dealkylation sites (tertiary alicyclic amines) is 2. The second kappa shape index (κ2) is 8.05. The summed E-state index contributed by atoms with van der Waals surface area (Å²) < 4.78 is 0. The Balaban J connectivity index is 0.00000208. The lowest BCUT2D eigenvalue weighted by Crippen LogP contribution is -2.56. The van der Waals surface area contributed by atoms with Gasteiger partial charge in [0.05, 0.1) is 5.54 Å². The Morgan fingerprint density at radius 3 is 1.96 bits per heavy atom.